The third-order valence-electron chi connectivity index (χ3n) is 6.84. The van der Waals surface area contributed by atoms with E-state index < -0.39 is 0 Å². The number of aliphatic imine (C=N–C) groups is 3. The first-order valence-electron chi connectivity index (χ1n) is 11.2. The van der Waals surface area contributed by atoms with Crippen LogP contribution in [0.1, 0.15) is 18.7 Å². The van der Waals surface area contributed by atoms with Crippen LogP contribution >= 0.6 is 0 Å². The third-order valence-corrected chi connectivity index (χ3v) is 6.84. The number of hydrogen-bond acceptors (Lipinski definition) is 8. The van der Waals surface area contributed by atoms with Gasteiger partial charge in [-0.05, 0) is 26.8 Å². The Morgan fingerprint density at radius 1 is 1.30 bits per heavy atom. The molecule has 2 atom stereocenters. The Bertz CT molecular complexity index is 1140. The Morgan fingerprint density at radius 3 is 2.70 bits per heavy atom. The zero-order chi connectivity index (χ0) is 23.2. The summed E-state index contributed by atoms with van der Waals surface area (Å²) < 4.78 is 6.11. The van der Waals surface area contributed by atoms with Crippen molar-refractivity contribution in [3.05, 3.63) is 66.6 Å². The molecule has 1 N–H and O–H groups in total. The van der Waals surface area contributed by atoms with Crippen LogP contribution in [0.5, 0.6) is 5.75 Å². The largest absolute Gasteiger partial charge is 0.435 e. The van der Waals surface area contributed by atoms with Gasteiger partial charge in [0, 0.05) is 47.5 Å². The zero-order valence-corrected chi connectivity index (χ0v) is 19.2. The van der Waals surface area contributed by atoms with Gasteiger partial charge in [0.1, 0.15) is 17.7 Å². The minimum absolute atomic E-state index is 0.305. The molecule has 1 aliphatic carbocycles. The molecule has 33 heavy (non-hydrogen) atoms. The van der Waals surface area contributed by atoms with Gasteiger partial charge in [-0.1, -0.05) is 19.2 Å². The molecule has 4 aliphatic rings. The summed E-state index contributed by atoms with van der Waals surface area (Å²) in [5, 5.41) is 3.51. The van der Waals surface area contributed by atoms with E-state index in [4.69, 9.17) is 14.7 Å². The van der Waals surface area contributed by atoms with Crippen molar-refractivity contribution in [2.24, 2.45) is 20.4 Å². The molecule has 0 aromatic carbocycles. The summed E-state index contributed by atoms with van der Waals surface area (Å²) in [6, 6.07) is 0.129. The molecule has 2 unspecified atom stereocenters. The summed E-state index contributed by atoms with van der Waals surface area (Å²) in [6.45, 7) is 16.5. The molecule has 2 fully saturated rings. The molecule has 8 nitrogen and oxygen atoms in total. The molecule has 1 saturated carbocycles. The number of aryl methyl sites for hydroxylation is 1. The van der Waals surface area contributed by atoms with E-state index in [0.29, 0.717) is 41.0 Å². The Labute approximate surface area is 194 Å². The molecule has 4 heterocycles. The highest BCUT2D eigenvalue weighted by Gasteiger charge is 2.55. The molecule has 0 amide bonds. The first-order valence-corrected chi connectivity index (χ1v) is 11.2. The topological polar surface area (TPSA) is 87.4 Å². The van der Waals surface area contributed by atoms with Crippen LogP contribution in [0.15, 0.2) is 75.7 Å². The molecule has 8 heteroatoms. The Morgan fingerprint density at radius 2 is 2.06 bits per heavy atom. The maximum Gasteiger partial charge on any atom is 0.226 e. The lowest BCUT2D eigenvalue weighted by Crippen LogP contribution is -2.35. The first kappa shape index (κ1) is 21.5. The van der Waals surface area contributed by atoms with Crippen LogP contribution in [0.3, 0.4) is 0 Å². The normalized spacial score (nSPS) is 25.6. The van der Waals surface area contributed by atoms with Gasteiger partial charge in [-0.25, -0.2) is 9.97 Å². The Hall–Kier alpha value is -3.39. The summed E-state index contributed by atoms with van der Waals surface area (Å²) in [5.41, 5.74) is 3.58. The lowest BCUT2D eigenvalue weighted by molar-refractivity contribution is 0.383. The number of nitrogens with zero attached hydrogens (tertiary/aromatic N) is 6. The van der Waals surface area contributed by atoms with E-state index in [1.54, 1.807) is 24.7 Å². The maximum absolute atomic E-state index is 6.11. The summed E-state index contributed by atoms with van der Waals surface area (Å²) in [4.78, 5) is 25.1. The fourth-order valence-corrected chi connectivity index (χ4v) is 4.83. The van der Waals surface area contributed by atoms with Crippen molar-refractivity contribution in [2.45, 2.75) is 31.8 Å². The molecule has 1 aromatic rings. The average molecular weight is 444 g/mol. The lowest BCUT2D eigenvalue weighted by atomic mass is 9.93. The van der Waals surface area contributed by atoms with Gasteiger partial charge in [-0.15, -0.1) is 6.58 Å². The van der Waals surface area contributed by atoms with Gasteiger partial charge in [0.15, 0.2) is 5.75 Å². The predicted molar refractivity (Wildman–Crippen MR) is 131 cm³/mol. The highest BCUT2D eigenvalue weighted by atomic mass is 16.5. The van der Waals surface area contributed by atoms with E-state index in [1.165, 1.54) is 12.8 Å². The second kappa shape index (κ2) is 8.19. The van der Waals surface area contributed by atoms with Gasteiger partial charge in [0.25, 0.3) is 0 Å². The quantitative estimate of drug-likeness (QED) is 0.540. The predicted octanol–water partition coefficient (Wildman–Crippen LogP) is 2.66. The smallest absolute Gasteiger partial charge is 0.226 e. The fourth-order valence-electron chi connectivity index (χ4n) is 4.83. The standard InChI is InChI=1S/C25H29N7O/c1-6-9-27-12-19-15(2)21-22(30-19)16(3)24(33-18-10-28-17(4)29-11-18)31-23(21)32-13-20(26-5)25(14-32)7-8-25/h6,10-12,20,22,26H,1-3,7-9,13-14H2,4-5H3. The van der Waals surface area contributed by atoms with Gasteiger partial charge < -0.3 is 15.0 Å². The van der Waals surface area contributed by atoms with Gasteiger partial charge in [-0.2, -0.15) is 4.99 Å². The molecule has 1 aromatic heterocycles. The van der Waals surface area contributed by atoms with Crippen molar-refractivity contribution in [3.8, 4) is 5.75 Å². The minimum atomic E-state index is -0.305. The van der Waals surface area contributed by atoms with Crippen molar-refractivity contribution in [1.29, 1.82) is 0 Å². The van der Waals surface area contributed by atoms with Crippen molar-refractivity contribution in [2.75, 3.05) is 26.7 Å². The summed E-state index contributed by atoms with van der Waals surface area (Å²) >= 11 is 0. The number of hydrogen-bond donors (Lipinski definition) is 1. The van der Waals surface area contributed by atoms with Crippen LogP contribution < -0.4 is 10.1 Å². The van der Waals surface area contributed by atoms with Gasteiger partial charge in [0.2, 0.25) is 5.90 Å². The molecular weight excluding hydrogens is 414 g/mol. The van der Waals surface area contributed by atoms with Gasteiger partial charge >= 0.3 is 0 Å². The van der Waals surface area contributed by atoms with E-state index in [0.717, 1.165) is 35.8 Å². The Balaban J connectivity index is 1.53. The molecule has 5 rings (SSSR count). The number of rotatable bonds is 6. The summed E-state index contributed by atoms with van der Waals surface area (Å²) in [7, 11) is 2.04. The number of fused-ring (bicyclic) bond motifs is 1. The lowest BCUT2D eigenvalue weighted by Gasteiger charge is -2.29. The summed E-state index contributed by atoms with van der Waals surface area (Å²) in [6.07, 6.45) is 9.27. The second-order valence-corrected chi connectivity index (χ2v) is 9.01. The van der Waals surface area contributed by atoms with E-state index in [9.17, 15) is 0 Å². The van der Waals surface area contributed by atoms with Crippen molar-refractivity contribution in [3.63, 3.8) is 0 Å². The second-order valence-electron chi connectivity index (χ2n) is 9.01. The maximum atomic E-state index is 6.11. The number of ether oxygens (including phenoxy) is 1. The highest BCUT2D eigenvalue weighted by Crippen LogP contribution is 2.54. The molecule has 0 radical (unpaired) electrons. The van der Waals surface area contributed by atoms with E-state index in [2.05, 4.69) is 44.9 Å². The highest BCUT2D eigenvalue weighted by molar-refractivity contribution is 6.41. The third kappa shape index (κ3) is 3.74. The number of likely N-dealkylation sites (tertiary alicyclic amines) is 1. The molecule has 0 bridgehead atoms. The first-order chi connectivity index (χ1) is 16.0. The van der Waals surface area contributed by atoms with Crippen LogP contribution in [0, 0.1) is 12.3 Å². The van der Waals surface area contributed by atoms with E-state index in [-0.39, 0.29) is 6.04 Å². The molecule has 1 saturated heterocycles. The fraction of sp³-hybridized carbons (Fsp3) is 0.400. The van der Waals surface area contributed by atoms with Crippen LogP contribution in [0.4, 0.5) is 0 Å². The van der Waals surface area contributed by atoms with Crippen molar-refractivity contribution in [1.82, 2.24) is 20.2 Å². The number of aromatic nitrogens is 2. The average Bonchev–Trinajstić information content (AvgIpc) is 3.38. The monoisotopic (exact) mass is 443 g/mol. The van der Waals surface area contributed by atoms with E-state index >= 15 is 0 Å². The van der Waals surface area contributed by atoms with Crippen LogP contribution in [-0.4, -0.2) is 71.5 Å². The van der Waals surface area contributed by atoms with Crippen molar-refractivity contribution >= 4 is 17.8 Å². The SMILES string of the molecule is C=CCN=CC1=NC2C(=C)C(Oc3cnc(C)nc3)=NC(N3CC(NC)C4(CC4)C3)=C2C1=C. The molecular formula is C25H29N7O. The van der Waals surface area contributed by atoms with Crippen LogP contribution in [0.2, 0.25) is 0 Å². The molecule has 1 spiro atoms. The van der Waals surface area contributed by atoms with Gasteiger partial charge in [0.05, 0.1) is 24.7 Å². The number of nitrogens with one attached hydrogen (secondary N) is 1. The molecule has 3 aliphatic heterocycles. The minimum Gasteiger partial charge on any atom is -0.435 e. The van der Waals surface area contributed by atoms with Crippen LogP contribution in [-0.2, 0) is 0 Å². The van der Waals surface area contributed by atoms with Crippen molar-refractivity contribution < 1.29 is 4.74 Å². The Kier molecular flexibility index (Phi) is 5.32. The number of likely N-dealkylation sites (N-methyl/N-ethyl adjacent to an activating group) is 1. The van der Waals surface area contributed by atoms with Gasteiger partial charge in [-0.3, -0.25) is 9.98 Å². The van der Waals surface area contributed by atoms with E-state index in [1.807, 2.05) is 14.0 Å². The zero-order valence-electron chi connectivity index (χ0n) is 19.2. The van der Waals surface area contributed by atoms with Crippen LogP contribution in [0.25, 0.3) is 0 Å². The summed E-state index contributed by atoms with van der Waals surface area (Å²) in [5.74, 6) is 2.50. The molecule has 170 valence electrons.